The first-order valence-electron chi connectivity index (χ1n) is 13.4. The van der Waals surface area contributed by atoms with Gasteiger partial charge in [-0.3, -0.25) is 19.2 Å². The monoisotopic (exact) mass is 524 g/mol. The van der Waals surface area contributed by atoms with E-state index in [1.165, 1.54) is 0 Å². The number of carbonyl (C=O) groups excluding carboxylic acids is 3. The quantitative estimate of drug-likeness (QED) is 0.264. The molecule has 0 unspecified atom stereocenters. The third-order valence-corrected chi connectivity index (χ3v) is 7.12. The molecule has 0 saturated carbocycles. The van der Waals surface area contributed by atoms with Crippen molar-refractivity contribution in [3.8, 4) is 0 Å². The molecule has 0 fully saturated rings. The van der Waals surface area contributed by atoms with Crippen molar-refractivity contribution >= 4 is 24.0 Å². The number of ether oxygens (including phenoxy) is 1. The molecule has 38 heavy (non-hydrogen) atoms. The highest BCUT2D eigenvalue weighted by molar-refractivity contribution is 6.13. The molecule has 0 aromatic carbocycles. The lowest BCUT2D eigenvalue weighted by Crippen LogP contribution is -2.24. The Hall–Kier alpha value is -3.02. The molecule has 6 heteroatoms. The summed E-state index contributed by atoms with van der Waals surface area (Å²) in [5, 5.41) is 9.38. The second-order valence-electron chi connectivity index (χ2n) is 13.0. The normalized spacial score (nSPS) is 19.5. The van der Waals surface area contributed by atoms with Crippen LogP contribution in [0.15, 0.2) is 58.7 Å². The Morgan fingerprint density at radius 1 is 0.816 bits per heavy atom. The number of hydrogen-bond donors (Lipinski definition) is 1. The molecule has 0 heterocycles. The topological polar surface area (TPSA) is 97.7 Å². The number of rotatable bonds is 13. The van der Waals surface area contributed by atoms with Gasteiger partial charge in [-0.05, 0) is 77.4 Å². The second-order valence-corrected chi connectivity index (χ2v) is 13.0. The summed E-state index contributed by atoms with van der Waals surface area (Å²) >= 11 is 0. The number of ketones is 2. The van der Waals surface area contributed by atoms with Gasteiger partial charge in [-0.2, -0.15) is 0 Å². The molecule has 1 N–H and O–H groups in total. The van der Waals surface area contributed by atoms with Gasteiger partial charge in [0.25, 0.3) is 6.47 Å². The van der Waals surface area contributed by atoms with E-state index < -0.39 is 17.0 Å². The molecular formula is C32H44O6. The number of Topliss-reactive ketones (excluding diaryl/α,β-unsaturated/α-hetero) is 2. The van der Waals surface area contributed by atoms with Gasteiger partial charge in [-0.25, -0.2) is 0 Å². The van der Waals surface area contributed by atoms with E-state index in [0.29, 0.717) is 61.7 Å². The summed E-state index contributed by atoms with van der Waals surface area (Å²) in [7, 11) is 0. The van der Waals surface area contributed by atoms with Gasteiger partial charge in [0.2, 0.25) is 0 Å². The fraction of sp³-hybridized carbons (Fsp3) is 0.562. The van der Waals surface area contributed by atoms with Gasteiger partial charge < -0.3 is 9.84 Å². The number of allylic oxidation sites excluding steroid dienone is 10. The standard InChI is InChI=1S/C32H44O6/c1-29(2)17-22(11-9-15-31(5,6)28(36)37)26(34)24(19-29)13-14-25-20-30(3,4)18-23(27(25)35)12-10-16-32(7,8)38-21-33/h13-14,17-21H,9-12,15-16H2,1-8H3,(H,36,37)/b14-13-. The average molecular weight is 525 g/mol. The molecule has 0 aromatic rings. The molecule has 2 aliphatic rings. The van der Waals surface area contributed by atoms with Crippen molar-refractivity contribution in [1.29, 1.82) is 0 Å². The van der Waals surface area contributed by atoms with E-state index in [1.54, 1.807) is 26.0 Å². The largest absolute Gasteiger partial charge is 0.481 e. The van der Waals surface area contributed by atoms with Crippen molar-refractivity contribution in [2.24, 2.45) is 16.2 Å². The van der Waals surface area contributed by atoms with E-state index in [-0.39, 0.29) is 22.4 Å². The molecule has 0 aromatic heterocycles. The minimum atomic E-state index is -0.843. The lowest BCUT2D eigenvalue weighted by molar-refractivity contribution is -0.147. The molecule has 0 amide bonds. The predicted molar refractivity (Wildman–Crippen MR) is 149 cm³/mol. The molecule has 0 aliphatic heterocycles. The molecule has 0 bridgehead atoms. The van der Waals surface area contributed by atoms with Crippen LogP contribution in [0.4, 0.5) is 0 Å². The average Bonchev–Trinajstić information content (AvgIpc) is 2.76. The third kappa shape index (κ3) is 8.78. The highest BCUT2D eigenvalue weighted by atomic mass is 16.5. The Balaban J connectivity index is 2.15. The molecule has 0 radical (unpaired) electrons. The van der Waals surface area contributed by atoms with Crippen molar-refractivity contribution in [3.63, 3.8) is 0 Å². The molecule has 208 valence electrons. The Morgan fingerprint density at radius 2 is 1.24 bits per heavy atom. The molecule has 0 spiro atoms. The molecule has 6 nitrogen and oxygen atoms in total. The zero-order valence-electron chi connectivity index (χ0n) is 24.3. The van der Waals surface area contributed by atoms with Crippen LogP contribution < -0.4 is 0 Å². The summed E-state index contributed by atoms with van der Waals surface area (Å²) in [5.41, 5.74) is 0.440. The maximum Gasteiger partial charge on any atom is 0.309 e. The maximum absolute atomic E-state index is 13.3. The fourth-order valence-corrected chi connectivity index (χ4v) is 4.94. The first-order valence-corrected chi connectivity index (χ1v) is 13.4. The number of aliphatic carboxylic acids is 1. The van der Waals surface area contributed by atoms with Crippen molar-refractivity contribution in [1.82, 2.24) is 0 Å². The minimum Gasteiger partial charge on any atom is -0.481 e. The smallest absolute Gasteiger partial charge is 0.309 e. The SMILES string of the molecule is CC1(C)C=C(/C=C\C2=CC(C)(C)C=C(CCCC(C)(C)C(=O)O)C2=O)C(=O)C(CCCC(C)(C)OC=O)=C1. The van der Waals surface area contributed by atoms with Crippen LogP contribution >= 0.6 is 0 Å². The van der Waals surface area contributed by atoms with E-state index in [0.717, 1.165) is 5.57 Å². The van der Waals surface area contributed by atoms with Crippen molar-refractivity contribution in [2.45, 2.75) is 99.5 Å². The van der Waals surface area contributed by atoms with Crippen molar-refractivity contribution in [2.75, 3.05) is 0 Å². The summed E-state index contributed by atoms with van der Waals surface area (Å²) in [6, 6.07) is 0. The van der Waals surface area contributed by atoms with Gasteiger partial charge in [0.15, 0.2) is 11.6 Å². The molecule has 2 rings (SSSR count). The third-order valence-electron chi connectivity index (χ3n) is 7.12. The summed E-state index contributed by atoms with van der Waals surface area (Å²) in [4.78, 5) is 48.7. The zero-order valence-corrected chi connectivity index (χ0v) is 24.3. The van der Waals surface area contributed by atoms with Crippen LogP contribution in [0.1, 0.15) is 93.9 Å². The summed E-state index contributed by atoms with van der Waals surface area (Å²) in [6.45, 7) is 15.7. The van der Waals surface area contributed by atoms with E-state index in [9.17, 15) is 24.3 Å². The first-order chi connectivity index (χ1) is 17.4. The van der Waals surface area contributed by atoms with Crippen LogP contribution in [0.5, 0.6) is 0 Å². The fourth-order valence-electron chi connectivity index (χ4n) is 4.94. The molecular weight excluding hydrogens is 480 g/mol. The van der Waals surface area contributed by atoms with Crippen molar-refractivity contribution in [3.05, 3.63) is 58.7 Å². The Kier molecular flexibility index (Phi) is 9.68. The molecule has 2 aliphatic carbocycles. The van der Waals surface area contributed by atoms with E-state index in [4.69, 9.17) is 4.74 Å². The van der Waals surface area contributed by atoms with Gasteiger partial charge in [-0.15, -0.1) is 0 Å². The van der Waals surface area contributed by atoms with Crippen LogP contribution in [-0.4, -0.2) is 34.7 Å². The number of carboxylic acids is 1. The minimum absolute atomic E-state index is 0.0514. The Morgan fingerprint density at radius 3 is 1.63 bits per heavy atom. The van der Waals surface area contributed by atoms with Crippen molar-refractivity contribution < 1.29 is 29.0 Å². The maximum atomic E-state index is 13.3. The summed E-state index contributed by atoms with van der Waals surface area (Å²) in [6.07, 6.45) is 14.8. The number of carbonyl (C=O) groups is 4. The first kappa shape index (κ1) is 31.2. The van der Waals surface area contributed by atoms with E-state index >= 15 is 0 Å². The van der Waals surface area contributed by atoms with Gasteiger partial charge >= 0.3 is 5.97 Å². The second kappa shape index (κ2) is 11.8. The summed E-state index contributed by atoms with van der Waals surface area (Å²) in [5.74, 6) is -0.973. The lowest BCUT2D eigenvalue weighted by Gasteiger charge is -2.27. The van der Waals surface area contributed by atoms with Gasteiger partial charge in [0.1, 0.15) is 5.60 Å². The number of hydrogen-bond acceptors (Lipinski definition) is 5. The predicted octanol–water partition coefficient (Wildman–Crippen LogP) is 6.87. The lowest BCUT2D eigenvalue weighted by atomic mass is 9.77. The van der Waals surface area contributed by atoms with E-state index in [1.807, 2.05) is 65.8 Å². The van der Waals surface area contributed by atoms with Crippen LogP contribution in [0, 0.1) is 16.2 Å². The van der Waals surface area contributed by atoms with E-state index in [2.05, 4.69) is 0 Å². The van der Waals surface area contributed by atoms with Crippen LogP contribution in [0.25, 0.3) is 0 Å². The number of carboxylic acid groups (broad SMARTS) is 1. The van der Waals surface area contributed by atoms with Crippen LogP contribution in [-0.2, 0) is 23.9 Å². The summed E-state index contributed by atoms with van der Waals surface area (Å²) < 4.78 is 5.12. The Bertz CT molecular complexity index is 1120. The van der Waals surface area contributed by atoms with Gasteiger partial charge in [-0.1, -0.05) is 64.2 Å². The highest BCUT2D eigenvalue weighted by Crippen LogP contribution is 2.36. The molecule has 0 saturated heterocycles. The van der Waals surface area contributed by atoms with Crippen LogP contribution in [0.3, 0.4) is 0 Å². The van der Waals surface area contributed by atoms with Crippen LogP contribution in [0.2, 0.25) is 0 Å². The van der Waals surface area contributed by atoms with Gasteiger partial charge in [0.05, 0.1) is 5.41 Å². The molecule has 0 atom stereocenters. The Labute approximate surface area is 227 Å². The highest BCUT2D eigenvalue weighted by Gasteiger charge is 2.30. The van der Waals surface area contributed by atoms with Gasteiger partial charge in [0, 0.05) is 22.0 Å². The zero-order chi connectivity index (χ0) is 28.9.